The number of anilines is 2. The van der Waals surface area contributed by atoms with Crippen molar-refractivity contribution in [1.29, 1.82) is 0 Å². The normalized spacial score (nSPS) is 11.4. The molecule has 0 atom stereocenters. The monoisotopic (exact) mass is 281 g/mol. The van der Waals surface area contributed by atoms with Gasteiger partial charge in [0.1, 0.15) is 0 Å². The third-order valence-corrected chi connectivity index (χ3v) is 2.86. The van der Waals surface area contributed by atoms with Crippen molar-refractivity contribution in [1.82, 2.24) is 0 Å². The van der Waals surface area contributed by atoms with Gasteiger partial charge in [-0.15, -0.1) is 0 Å². The van der Waals surface area contributed by atoms with Crippen LogP contribution in [0.1, 0.15) is 11.1 Å². The van der Waals surface area contributed by atoms with Gasteiger partial charge in [0.15, 0.2) is 0 Å². The summed E-state index contributed by atoms with van der Waals surface area (Å²) in [4.78, 5) is 0. The molecule has 106 valence electrons. The van der Waals surface area contributed by atoms with Gasteiger partial charge in [0, 0.05) is 0 Å². The quantitative estimate of drug-likeness (QED) is 0.516. The van der Waals surface area contributed by atoms with Crippen molar-refractivity contribution < 1.29 is 13.2 Å². The van der Waals surface area contributed by atoms with E-state index in [1.807, 2.05) is 30.3 Å². The second kappa shape index (κ2) is 5.42. The molecule has 0 aromatic heterocycles. The summed E-state index contributed by atoms with van der Waals surface area (Å²) < 4.78 is 38.1. The van der Waals surface area contributed by atoms with Gasteiger partial charge in [-0.05, 0) is 23.8 Å². The van der Waals surface area contributed by atoms with E-state index in [1.54, 1.807) is 0 Å². The van der Waals surface area contributed by atoms with Gasteiger partial charge < -0.3 is 10.7 Å². The van der Waals surface area contributed by atoms with E-state index in [1.165, 1.54) is 11.1 Å². The highest BCUT2D eigenvalue weighted by Crippen LogP contribution is 2.34. The van der Waals surface area contributed by atoms with Gasteiger partial charge in [0.05, 0.1) is 23.5 Å². The molecule has 20 heavy (non-hydrogen) atoms. The topological polar surface area (TPSA) is 55.3 Å². The molecule has 0 radical (unpaired) electrons. The van der Waals surface area contributed by atoms with E-state index >= 15 is 0 Å². The number of alkyl halides is 3. The lowest BCUT2D eigenvalue weighted by Gasteiger charge is -2.22. The first-order chi connectivity index (χ1) is 9.38. The SMILES string of the molecule is Nc1ccc(C(F)(F)F)cc1N(N)Cc1ccccc1. The lowest BCUT2D eigenvalue weighted by atomic mass is 10.1. The minimum Gasteiger partial charge on any atom is -0.397 e. The van der Waals surface area contributed by atoms with Crippen LogP contribution in [0.5, 0.6) is 0 Å². The van der Waals surface area contributed by atoms with E-state index in [0.717, 1.165) is 17.7 Å². The maximum Gasteiger partial charge on any atom is 0.416 e. The maximum atomic E-state index is 12.7. The minimum atomic E-state index is -4.42. The van der Waals surface area contributed by atoms with Crippen LogP contribution in [-0.2, 0) is 12.7 Å². The minimum absolute atomic E-state index is 0.156. The van der Waals surface area contributed by atoms with E-state index < -0.39 is 11.7 Å². The van der Waals surface area contributed by atoms with E-state index in [9.17, 15) is 13.2 Å². The summed E-state index contributed by atoms with van der Waals surface area (Å²) in [7, 11) is 0. The Morgan fingerprint density at radius 2 is 1.65 bits per heavy atom. The molecule has 0 aliphatic rings. The van der Waals surface area contributed by atoms with Crippen molar-refractivity contribution in [3.05, 3.63) is 59.7 Å². The Bertz CT molecular complexity index is 582. The van der Waals surface area contributed by atoms with E-state index in [0.29, 0.717) is 0 Å². The van der Waals surface area contributed by atoms with Gasteiger partial charge in [-0.1, -0.05) is 30.3 Å². The molecule has 0 fully saturated rings. The van der Waals surface area contributed by atoms with Crippen LogP contribution in [0.15, 0.2) is 48.5 Å². The fourth-order valence-electron chi connectivity index (χ4n) is 1.83. The van der Waals surface area contributed by atoms with Crippen molar-refractivity contribution in [3.63, 3.8) is 0 Å². The summed E-state index contributed by atoms with van der Waals surface area (Å²) in [5.41, 5.74) is 6.17. The highest BCUT2D eigenvalue weighted by atomic mass is 19.4. The molecule has 0 aliphatic heterocycles. The number of nitrogens with two attached hydrogens (primary N) is 2. The van der Waals surface area contributed by atoms with Crippen LogP contribution in [0.4, 0.5) is 24.5 Å². The first kappa shape index (κ1) is 14.2. The van der Waals surface area contributed by atoms with Crippen LogP contribution < -0.4 is 16.6 Å². The number of nitrogen functional groups attached to an aromatic ring is 1. The van der Waals surface area contributed by atoms with Crippen molar-refractivity contribution in [2.45, 2.75) is 12.7 Å². The fraction of sp³-hybridized carbons (Fsp3) is 0.143. The van der Waals surface area contributed by atoms with Crippen LogP contribution in [0.25, 0.3) is 0 Å². The molecule has 0 heterocycles. The molecular weight excluding hydrogens is 267 g/mol. The van der Waals surface area contributed by atoms with Gasteiger partial charge >= 0.3 is 6.18 Å². The number of hydrogen-bond donors (Lipinski definition) is 2. The van der Waals surface area contributed by atoms with Crippen LogP contribution in [0, 0.1) is 0 Å². The zero-order chi connectivity index (χ0) is 14.8. The Morgan fingerprint density at radius 1 is 1.00 bits per heavy atom. The maximum absolute atomic E-state index is 12.7. The molecule has 2 aromatic rings. The number of nitrogens with zero attached hydrogens (tertiary/aromatic N) is 1. The highest BCUT2D eigenvalue weighted by molar-refractivity contribution is 5.68. The number of rotatable bonds is 3. The lowest BCUT2D eigenvalue weighted by molar-refractivity contribution is -0.137. The highest BCUT2D eigenvalue weighted by Gasteiger charge is 2.31. The van der Waals surface area contributed by atoms with Crippen molar-refractivity contribution in [2.24, 2.45) is 5.84 Å². The fourth-order valence-corrected chi connectivity index (χ4v) is 1.83. The summed E-state index contributed by atoms with van der Waals surface area (Å²) in [5, 5.41) is 1.21. The molecule has 3 nitrogen and oxygen atoms in total. The Kier molecular flexibility index (Phi) is 3.85. The summed E-state index contributed by atoms with van der Waals surface area (Å²) >= 11 is 0. The zero-order valence-corrected chi connectivity index (χ0v) is 10.6. The first-order valence-corrected chi connectivity index (χ1v) is 5.91. The van der Waals surface area contributed by atoms with E-state index in [2.05, 4.69) is 0 Å². The van der Waals surface area contributed by atoms with E-state index in [-0.39, 0.29) is 17.9 Å². The molecule has 0 aliphatic carbocycles. The summed E-state index contributed by atoms with van der Waals surface area (Å²) in [5.74, 6) is 5.83. The smallest absolute Gasteiger partial charge is 0.397 e. The van der Waals surface area contributed by atoms with Gasteiger partial charge in [0.25, 0.3) is 0 Å². The molecule has 0 saturated heterocycles. The van der Waals surface area contributed by atoms with Gasteiger partial charge in [-0.2, -0.15) is 13.2 Å². The molecular formula is C14H14F3N3. The molecule has 0 spiro atoms. The number of hydrogen-bond acceptors (Lipinski definition) is 3. The average molecular weight is 281 g/mol. The van der Waals surface area contributed by atoms with Crippen LogP contribution in [0.2, 0.25) is 0 Å². The zero-order valence-electron chi connectivity index (χ0n) is 10.6. The Labute approximate surface area is 114 Å². The number of benzene rings is 2. The van der Waals surface area contributed by atoms with Crippen LogP contribution in [-0.4, -0.2) is 0 Å². The molecule has 0 saturated carbocycles. The summed E-state index contributed by atoms with van der Waals surface area (Å²) in [6.07, 6.45) is -4.42. The molecule has 0 unspecified atom stereocenters. The lowest BCUT2D eigenvalue weighted by Crippen LogP contribution is -2.31. The predicted molar refractivity (Wildman–Crippen MR) is 72.7 cm³/mol. The number of hydrazine groups is 1. The van der Waals surface area contributed by atoms with Crippen molar-refractivity contribution in [2.75, 3.05) is 10.7 Å². The van der Waals surface area contributed by atoms with Crippen LogP contribution >= 0.6 is 0 Å². The molecule has 2 aromatic carbocycles. The first-order valence-electron chi connectivity index (χ1n) is 5.91. The third-order valence-electron chi connectivity index (χ3n) is 2.86. The molecule has 6 heteroatoms. The van der Waals surface area contributed by atoms with Gasteiger partial charge in [-0.25, -0.2) is 5.84 Å². The summed E-state index contributed by atoms with van der Waals surface area (Å²) in [6, 6.07) is 12.3. The third kappa shape index (κ3) is 3.21. The van der Waals surface area contributed by atoms with Gasteiger partial charge in [-0.3, -0.25) is 0 Å². The largest absolute Gasteiger partial charge is 0.416 e. The second-order valence-electron chi connectivity index (χ2n) is 4.38. The molecule has 0 amide bonds. The Morgan fingerprint density at radius 3 is 2.25 bits per heavy atom. The predicted octanol–water partition coefficient (Wildman–Crippen LogP) is 3.17. The van der Waals surface area contributed by atoms with Crippen LogP contribution in [0.3, 0.4) is 0 Å². The van der Waals surface area contributed by atoms with E-state index in [4.69, 9.17) is 11.6 Å². The summed E-state index contributed by atoms with van der Waals surface area (Å²) in [6.45, 7) is 0.270. The molecule has 4 N–H and O–H groups in total. The Balaban J connectivity index is 2.27. The molecule has 2 rings (SSSR count). The van der Waals surface area contributed by atoms with Gasteiger partial charge in [0.2, 0.25) is 0 Å². The number of halogens is 3. The standard InChI is InChI=1S/C14H14F3N3/c15-14(16,17)11-6-7-12(18)13(8-11)20(19)9-10-4-2-1-3-5-10/h1-8H,9,18-19H2. The second-order valence-corrected chi connectivity index (χ2v) is 4.38. The van der Waals surface area contributed by atoms with Crippen molar-refractivity contribution >= 4 is 11.4 Å². The van der Waals surface area contributed by atoms with Crippen molar-refractivity contribution in [3.8, 4) is 0 Å². The molecule has 0 bridgehead atoms. The Hall–Kier alpha value is -2.21. The average Bonchev–Trinajstić information content (AvgIpc) is 2.39.